The van der Waals surface area contributed by atoms with E-state index in [1.54, 1.807) is 7.11 Å². The van der Waals surface area contributed by atoms with Gasteiger partial charge in [-0.2, -0.15) is 0 Å². The summed E-state index contributed by atoms with van der Waals surface area (Å²) in [5.74, 6) is 0. The quantitative estimate of drug-likeness (QED) is 0.612. The third-order valence-corrected chi connectivity index (χ3v) is 4.08. The molecule has 176 valence electrons. The van der Waals surface area contributed by atoms with E-state index in [-0.39, 0.29) is 24.9 Å². The minimum Gasteiger partial charge on any atom is -0.388 e. The normalized spacial score (nSPS) is 24.5. The molecule has 0 bridgehead atoms. The van der Waals surface area contributed by atoms with E-state index in [1.165, 1.54) is 0 Å². The molecule has 0 aliphatic carbocycles. The molecule has 0 aromatic heterocycles. The molecule has 1 aromatic rings. The lowest BCUT2D eigenvalue weighted by atomic mass is 10.0. The molecule has 1 saturated heterocycles. The highest BCUT2D eigenvalue weighted by Gasteiger charge is 2.44. The summed E-state index contributed by atoms with van der Waals surface area (Å²) in [5, 5.41) is 10.7. The molecule has 1 fully saturated rings. The van der Waals surface area contributed by atoms with Crippen molar-refractivity contribution >= 4 is 0 Å². The number of ether oxygens (including phenoxy) is 5. The fourth-order valence-electron chi connectivity index (χ4n) is 2.94. The predicted octanol–water partition coefficient (Wildman–Crippen LogP) is 4.75. The van der Waals surface area contributed by atoms with E-state index >= 15 is 0 Å². The van der Waals surface area contributed by atoms with Crippen molar-refractivity contribution in [1.82, 2.24) is 0 Å². The van der Waals surface area contributed by atoms with Crippen LogP contribution in [0.2, 0.25) is 0 Å². The summed E-state index contributed by atoms with van der Waals surface area (Å²) in [7, 11) is 1.62. The summed E-state index contributed by atoms with van der Waals surface area (Å²) in [5.41, 5.74) is 0.888. The van der Waals surface area contributed by atoms with Gasteiger partial charge in [-0.15, -0.1) is 0 Å². The Kier molecular flexibility index (Phi) is 16.1. The third-order valence-electron chi connectivity index (χ3n) is 4.08. The van der Waals surface area contributed by atoms with Gasteiger partial charge < -0.3 is 28.8 Å². The molecule has 1 N–H and O–H groups in total. The lowest BCUT2D eigenvalue weighted by Crippen LogP contribution is -2.56. The maximum Gasteiger partial charge on any atom is 0.184 e. The number of aliphatic hydroxyl groups is 1. The van der Waals surface area contributed by atoms with Gasteiger partial charge in [-0.25, -0.2) is 0 Å². The molecule has 6 heteroatoms. The van der Waals surface area contributed by atoms with Gasteiger partial charge in [-0.05, 0) is 27.7 Å². The van der Waals surface area contributed by atoms with Gasteiger partial charge in [0.2, 0.25) is 0 Å². The average molecular weight is 429 g/mol. The van der Waals surface area contributed by atoms with Crippen LogP contribution in [0.4, 0.5) is 0 Å². The van der Waals surface area contributed by atoms with Crippen molar-refractivity contribution < 1.29 is 28.8 Å². The lowest BCUT2D eigenvalue weighted by molar-refractivity contribution is -0.324. The summed E-state index contributed by atoms with van der Waals surface area (Å²) in [6.07, 6.45) is -2.86. The van der Waals surface area contributed by atoms with Crippen molar-refractivity contribution in [3.8, 4) is 0 Å². The van der Waals surface area contributed by atoms with Gasteiger partial charge in [0.1, 0.15) is 24.4 Å². The van der Waals surface area contributed by atoms with Crippen molar-refractivity contribution in [3.63, 3.8) is 0 Å². The standard InChI is InChI=1S/C20H32O6.2C2H6/c1-13(2)23-11-16(21)18-19(24-14(3)4)17(12-22-5)25-20(26-18)15-9-7-6-8-10-15;2*1-2/h6-10,13-14,16-21H,11-12H2,1-5H3;2*1-2H3/t16-,17+,18-,19-,20?;;/m1../s1. The Labute approximate surface area is 183 Å². The lowest BCUT2D eigenvalue weighted by Gasteiger charge is -2.44. The summed E-state index contributed by atoms with van der Waals surface area (Å²) >= 11 is 0. The molecule has 0 saturated carbocycles. The van der Waals surface area contributed by atoms with Crippen LogP contribution in [-0.4, -0.2) is 62.1 Å². The Morgan fingerprint density at radius 3 is 2.03 bits per heavy atom. The highest BCUT2D eigenvalue weighted by atomic mass is 16.7. The molecule has 1 unspecified atom stereocenters. The van der Waals surface area contributed by atoms with Crippen molar-refractivity contribution in [2.24, 2.45) is 0 Å². The van der Waals surface area contributed by atoms with Crippen molar-refractivity contribution in [2.45, 2.75) is 98.3 Å². The van der Waals surface area contributed by atoms with E-state index in [4.69, 9.17) is 23.7 Å². The number of methoxy groups -OCH3 is 1. The fourth-order valence-corrected chi connectivity index (χ4v) is 2.94. The van der Waals surface area contributed by atoms with Gasteiger partial charge in [0.15, 0.2) is 6.29 Å². The van der Waals surface area contributed by atoms with Crippen LogP contribution in [0.25, 0.3) is 0 Å². The molecule has 2 rings (SSSR count). The molecule has 0 radical (unpaired) electrons. The molecule has 30 heavy (non-hydrogen) atoms. The van der Waals surface area contributed by atoms with Gasteiger partial charge in [-0.1, -0.05) is 58.0 Å². The molecule has 5 atom stereocenters. The first-order valence-electron chi connectivity index (χ1n) is 11.2. The molecule has 1 heterocycles. The van der Waals surface area contributed by atoms with Crippen LogP contribution in [0, 0.1) is 0 Å². The zero-order valence-corrected chi connectivity index (χ0v) is 20.3. The van der Waals surface area contributed by atoms with Crippen LogP contribution in [0.15, 0.2) is 30.3 Å². The van der Waals surface area contributed by atoms with Gasteiger partial charge in [0.25, 0.3) is 0 Å². The van der Waals surface area contributed by atoms with Crippen LogP contribution < -0.4 is 0 Å². The Morgan fingerprint density at radius 2 is 1.53 bits per heavy atom. The third kappa shape index (κ3) is 9.86. The predicted molar refractivity (Wildman–Crippen MR) is 121 cm³/mol. The van der Waals surface area contributed by atoms with E-state index in [2.05, 4.69) is 0 Å². The highest BCUT2D eigenvalue weighted by Crippen LogP contribution is 2.33. The average Bonchev–Trinajstić information content (AvgIpc) is 2.76. The van der Waals surface area contributed by atoms with Gasteiger partial charge in [0.05, 0.1) is 25.4 Å². The summed E-state index contributed by atoms with van der Waals surface area (Å²) in [6, 6.07) is 9.67. The van der Waals surface area contributed by atoms with Crippen LogP contribution in [0.5, 0.6) is 0 Å². The number of aliphatic hydroxyl groups excluding tert-OH is 1. The first kappa shape index (κ1) is 29.0. The Hall–Kier alpha value is -1.02. The Balaban J connectivity index is 0.00000198. The molecule has 6 nitrogen and oxygen atoms in total. The maximum absolute atomic E-state index is 10.7. The minimum absolute atomic E-state index is 0.0219. The van der Waals surface area contributed by atoms with Crippen LogP contribution in [0.3, 0.4) is 0 Å². The smallest absolute Gasteiger partial charge is 0.184 e. The Bertz CT molecular complexity index is 508. The first-order valence-corrected chi connectivity index (χ1v) is 11.2. The maximum atomic E-state index is 10.7. The van der Waals surface area contributed by atoms with Gasteiger partial charge in [0, 0.05) is 12.7 Å². The number of hydrogen-bond acceptors (Lipinski definition) is 6. The SMILES string of the molecule is CC.CC.COC[C@@H]1OC(c2ccccc2)O[C@H]([C@H](O)COC(C)C)[C@@H]1OC(C)C. The number of rotatable bonds is 9. The van der Waals surface area contributed by atoms with E-state index in [1.807, 2.05) is 85.7 Å². The van der Waals surface area contributed by atoms with E-state index < -0.39 is 24.6 Å². The van der Waals surface area contributed by atoms with E-state index in [0.29, 0.717) is 6.61 Å². The molecule has 0 amide bonds. The van der Waals surface area contributed by atoms with E-state index in [0.717, 1.165) is 5.56 Å². The second kappa shape index (κ2) is 16.6. The Morgan fingerprint density at radius 1 is 0.933 bits per heavy atom. The second-order valence-electron chi connectivity index (χ2n) is 7.07. The number of benzene rings is 1. The molecule has 1 aliphatic heterocycles. The fraction of sp³-hybridized carbons (Fsp3) is 0.750. The summed E-state index contributed by atoms with van der Waals surface area (Å²) < 4.78 is 29.2. The molecule has 0 spiro atoms. The molecule has 1 aliphatic rings. The second-order valence-corrected chi connectivity index (χ2v) is 7.07. The van der Waals surface area contributed by atoms with Gasteiger partial charge in [-0.3, -0.25) is 0 Å². The molecular weight excluding hydrogens is 384 g/mol. The first-order chi connectivity index (χ1) is 14.4. The summed E-state index contributed by atoms with van der Waals surface area (Å²) in [4.78, 5) is 0. The zero-order valence-electron chi connectivity index (χ0n) is 20.3. The number of hydrogen-bond donors (Lipinski definition) is 1. The molecular formula is C24H44O6. The minimum atomic E-state index is -0.837. The van der Waals surface area contributed by atoms with Crippen molar-refractivity contribution in [2.75, 3.05) is 20.3 Å². The molecule has 1 aromatic carbocycles. The van der Waals surface area contributed by atoms with Crippen LogP contribution >= 0.6 is 0 Å². The monoisotopic (exact) mass is 428 g/mol. The van der Waals surface area contributed by atoms with Gasteiger partial charge >= 0.3 is 0 Å². The van der Waals surface area contributed by atoms with Crippen LogP contribution in [0.1, 0.15) is 67.2 Å². The zero-order chi connectivity index (χ0) is 23.1. The topological polar surface area (TPSA) is 66.4 Å². The highest BCUT2D eigenvalue weighted by molar-refractivity contribution is 5.16. The van der Waals surface area contributed by atoms with E-state index in [9.17, 15) is 5.11 Å². The van der Waals surface area contributed by atoms with Crippen LogP contribution in [-0.2, 0) is 23.7 Å². The van der Waals surface area contributed by atoms with Crippen molar-refractivity contribution in [3.05, 3.63) is 35.9 Å². The largest absolute Gasteiger partial charge is 0.388 e. The summed E-state index contributed by atoms with van der Waals surface area (Å²) in [6.45, 7) is 16.3. The van der Waals surface area contributed by atoms with Crippen molar-refractivity contribution in [1.29, 1.82) is 0 Å².